The molecule has 12 nitrogen and oxygen atoms in total. The Labute approximate surface area is 210 Å². The summed E-state index contributed by atoms with van der Waals surface area (Å²) in [5.41, 5.74) is -0.673. The number of hydrogen-bond acceptors (Lipinski definition) is 9. The van der Waals surface area contributed by atoms with Crippen LogP contribution in [0.1, 0.15) is 45.7 Å². The van der Waals surface area contributed by atoms with Crippen molar-refractivity contribution in [3.05, 3.63) is 52.2 Å². The maximum atomic E-state index is 14.7. The molecule has 0 aliphatic carbocycles. The molecule has 1 saturated heterocycles. The van der Waals surface area contributed by atoms with Crippen LogP contribution in [-0.2, 0) is 4.74 Å². The first-order chi connectivity index (χ1) is 17.4. The molecule has 3 aromatic heterocycles. The van der Waals surface area contributed by atoms with Crippen LogP contribution in [0.4, 0.5) is 25.1 Å². The Morgan fingerprint density at radius 3 is 2.84 bits per heavy atom. The first-order valence-electron chi connectivity index (χ1n) is 11.6. The van der Waals surface area contributed by atoms with Gasteiger partial charge in [0.2, 0.25) is 11.5 Å². The standard InChI is InChI=1S/C23H27F2N7O5/c1-13(9-27-22(33)37-23(2,3)4)36-21-16(7-14(24)10-26-21)17-8-15(25)12-30(17)19-5-6-31-20(29-19)18(11-28-31)32(34)35/h5-7,10-11,13,15,17H,8-9,12H2,1-4H3,(H,27,33)/t13-,15-,17+/m0/s1. The van der Waals surface area contributed by atoms with Crippen molar-refractivity contribution in [2.75, 3.05) is 18.0 Å². The molecule has 1 aliphatic heterocycles. The van der Waals surface area contributed by atoms with Crippen molar-refractivity contribution in [2.45, 2.75) is 58.0 Å². The molecule has 0 aromatic carbocycles. The third kappa shape index (κ3) is 6.01. The van der Waals surface area contributed by atoms with Crippen molar-refractivity contribution in [1.29, 1.82) is 0 Å². The minimum atomic E-state index is -1.27. The maximum Gasteiger partial charge on any atom is 0.407 e. The zero-order valence-corrected chi connectivity index (χ0v) is 20.7. The number of alkyl carbamates (subject to hydrolysis) is 1. The second kappa shape index (κ2) is 10.1. The molecule has 0 spiro atoms. The minimum absolute atomic E-state index is 0.000246. The highest BCUT2D eigenvalue weighted by molar-refractivity contribution is 5.67. The highest BCUT2D eigenvalue weighted by Gasteiger charge is 2.37. The van der Waals surface area contributed by atoms with Crippen LogP contribution in [-0.4, -0.2) is 61.6 Å². The predicted molar refractivity (Wildman–Crippen MR) is 128 cm³/mol. The van der Waals surface area contributed by atoms with Crippen molar-refractivity contribution in [3.63, 3.8) is 0 Å². The topological polar surface area (TPSA) is 137 Å². The number of carbonyl (C=O) groups excluding carboxylic acids is 1. The van der Waals surface area contributed by atoms with Gasteiger partial charge >= 0.3 is 11.8 Å². The Bertz CT molecular complexity index is 1310. The van der Waals surface area contributed by atoms with Gasteiger partial charge in [0, 0.05) is 18.2 Å². The number of amides is 1. The van der Waals surface area contributed by atoms with Gasteiger partial charge in [-0.3, -0.25) is 10.1 Å². The van der Waals surface area contributed by atoms with Gasteiger partial charge in [-0.15, -0.1) is 0 Å². The summed E-state index contributed by atoms with van der Waals surface area (Å²) < 4.78 is 41.3. The quantitative estimate of drug-likeness (QED) is 0.365. The fraction of sp³-hybridized carbons (Fsp3) is 0.478. The van der Waals surface area contributed by atoms with Gasteiger partial charge in [-0.05, 0) is 39.8 Å². The molecule has 198 valence electrons. The number of halogens is 2. The monoisotopic (exact) mass is 519 g/mol. The van der Waals surface area contributed by atoms with Gasteiger partial charge in [0.05, 0.1) is 30.3 Å². The SMILES string of the molecule is C[C@@H](CNC(=O)OC(C)(C)C)Oc1ncc(F)cc1[C@H]1C[C@H](F)CN1c1ccn2ncc([N+](=O)[O-])c2n1. The molecule has 4 heterocycles. The average molecular weight is 520 g/mol. The van der Waals surface area contributed by atoms with Crippen molar-refractivity contribution in [3.8, 4) is 5.88 Å². The molecule has 4 rings (SSSR count). The van der Waals surface area contributed by atoms with Crippen LogP contribution in [0.25, 0.3) is 5.65 Å². The largest absolute Gasteiger partial charge is 0.473 e. The maximum absolute atomic E-state index is 14.7. The van der Waals surface area contributed by atoms with Crippen LogP contribution in [0.15, 0.2) is 30.7 Å². The molecular formula is C23H27F2N7O5. The van der Waals surface area contributed by atoms with E-state index in [0.717, 1.165) is 12.4 Å². The molecule has 1 aliphatic rings. The number of carbonyl (C=O) groups is 1. The number of nitrogens with one attached hydrogen (secondary N) is 1. The Morgan fingerprint density at radius 2 is 2.14 bits per heavy atom. The van der Waals surface area contributed by atoms with Gasteiger partial charge < -0.3 is 19.7 Å². The summed E-state index contributed by atoms with van der Waals surface area (Å²) >= 11 is 0. The van der Waals surface area contributed by atoms with Gasteiger partial charge in [0.25, 0.3) is 0 Å². The summed E-state index contributed by atoms with van der Waals surface area (Å²) in [5.74, 6) is -0.310. The number of alkyl halides is 1. The third-order valence-electron chi connectivity index (χ3n) is 5.53. The zero-order chi connectivity index (χ0) is 26.9. The second-order valence-electron chi connectivity index (χ2n) is 9.70. The Balaban J connectivity index is 1.58. The van der Waals surface area contributed by atoms with Crippen LogP contribution in [0.2, 0.25) is 0 Å². The predicted octanol–water partition coefficient (Wildman–Crippen LogP) is 3.75. The van der Waals surface area contributed by atoms with E-state index in [0.29, 0.717) is 0 Å². The van der Waals surface area contributed by atoms with Gasteiger partial charge in [0.1, 0.15) is 35.7 Å². The lowest BCUT2D eigenvalue weighted by molar-refractivity contribution is -0.383. The van der Waals surface area contributed by atoms with Crippen LogP contribution < -0.4 is 15.0 Å². The number of pyridine rings is 1. The summed E-state index contributed by atoms with van der Waals surface area (Å²) in [6.07, 6.45) is 1.08. The van der Waals surface area contributed by atoms with Crippen molar-refractivity contribution >= 4 is 23.2 Å². The highest BCUT2D eigenvalue weighted by Crippen LogP contribution is 2.40. The Hall–Kier alpha value is -4.10. The molecule has 0 radical (unpaired) electrons. The normalized spacial score (nSPS) is 18.6. The summed E-state index contributed by atoms with van der Waals surface area (Å²) in [6.45, 7) is 6.92. The molecule has 37 heavy (non-hydrogen) atoms. The first kappa shape index (κ1) is 26.0. The number of fused-ring (bicyclic) bond motifs is 1. The molecule has 1 fully saturated rings. The number of nitro groups is 1. The molecule has 3 atom stereocenters. The number of ether oxygens (including phenoxy) is 2. The van der Waals surface area contributed by atoms with Crippen LogP contribution in [0.3, 0.4) is 0 Å². The number of aromatic nitrogens is 4. The molecular weight excluding hydrogens is 492 g/mol. The molecule has 1 amide bonds. The lowest BCUT2D eigenvalue weighted by Crippen LogP contribution is -2.38. The average Bonchev–Trinajstić information content (AvgIpc) is 3.41. The van der Waals surface area contributed by atoms with E-state index in [1.54, 1.807) is 38.7 Å². The van der Waals surface area contributed by atoms with E-state index in [2.05, 4.69) is 20.4 Å². The van der Waals surface area contributed by atoms with E-state index in [1.807, 2.05) is 0 Å². The fourth-order valence-corrected chi connectivity index (χ4v) is 4.02. The smallest absolute Gasteiger partial charge is 0.407 e. The summed E-state index contributed by atoms with van der Waals surface area (Å²) in [4.78, 5) is 32.7. The number of anilines is 1. The third-order valence-corrected chi connectivity index (χ3v) is 5.53. The van der Waals surface area contributed by atoms with E-state index in [9.17, 15) is 23.7 Å². The molecule has 14 heteroatoms. The number of hydrogen-bond donors (Lipinski definition) is 1. The van der Waals surface area contributed by atoms with Gasteiger partial charge in [-0.2, -0.15) is 5.10 Å². The van der Waals surface area contributed by atoms with E-state index in [4.69, 9.17) is 9.47 Å². The van der Waals surface area contributed by atoms with E-state index in [-0.39, 0.29) is 48.1 Å². The minimum Gasteiger partial charge on any atom is -0.473 e. The van der Waals surface area contributed by atoms with Crippen molar-refractivity contribution < 1.29 is 28.0 Å². The first-order valence-corrected chi connectivity index (χ1v) is 11.6. The molecule has 0 bridgehead atoms. The van der Waals surface area contributed by atoms with Crippen LogP contribution >= 0.6 is 0 Å². The van der Waals surface area contributed by atoms with Gasteiger partial charge in [-0.25, -0.2) is 28.1 Å². The van der Waals surface area contributed by atoms with E-state index >= 15 is 0 Å². The van der Waals surface area contributed by atoms with Crippen molar-refractivity contribution in [1.82, 2.24) is 24.9 Å². The molecule has 3 aromatic rings. The van der Waals surface area contributed by atoms with Gasteiger partial charge in [0.15, 0.2) is 0 Å². The van der Waals surface area contributed by atoms with Crippen molar-refractivity contribution in [2.24, 2.45) is 0 Å². The zero-order valence-electron chi connectivity index (χ0n) is 20.7. The Kier molecular flexibility index (Phi) is 7.09. The van der Waals surface area contributed by atoms with Crippen LogP contribution in [0.5, 0.6) is 5.88 Å². The summed E-state index contributed by atoms with van der Waals surface area (Å²) in [5, 5.41) is 17.8. The number of nitrogens with zero attached hydrogens (tertiary/aromatic N) is 6. The lowest BCUT2D eigenvalue weighted by Gasteiger charge is -2.27. The van der Waals surface area contributed by atoms with E-state index < -0.39 is 40.8 Å². The van der Waals surface area contributed by atoms with E-state index in [1.165, 1.54) is 16.8 Å². The lowest BCUT2D eigenvalue weighted by atomic mass is 10.1. The van der Waals surface area contributed by atoms with Gasteiger partial charge in [-0.1, -0.05) is 0 Å². The summed E-state index contributed by atoms with van der Waals surface area (Å²) in [6, 6.07) is 2.05. The highest BCUT2D eigenvalue weighted by atomic mass is 19.1. The Morgan fingerprint density at radius 1 is 1.38 bits per heavy atom. The molecule has 1 N–H and O–H groups in total. The van der Waals surface area contributed by atoms with Crippen LogP contribution in [0, 0.1) is 15.9 Å². The number of rotatable bonds is 7. The summed E-state index contributed by atoms with van der Waals surface area (Å²) in [7, 11) is 0. The fourth-order valence-electron chi connectivity index (χ4n) is 4.02. The molecule has 0 saturated carbocycles. The second-order valence-corrected chi connectivity index (χ2v) is 9.70. The molecule has 0 unspecified atom stereocenters.